The van der Waals surface area contributed by atoms with Crippen molar-refractivity contribution in [1.29, 1.82) is 0 Å². The van der Waals surface area contributed by atoms with E-state index in [-0.39, 0.29) is 23.3 Å². The number of nitro benzene ring substituents is 1. The summed E-state index contributed by atoms with van der Waals surface area (Å²) < 4.78 is 5.98. The fourth-order valence-corrected chi connectivity index (χ4v) is 3.05. The Labute approximate surface area is 118 Å². The number of hydrogen-bond acceptors (Lipinski definition) is 4. The molecule has 0 spiro atoms. The second kappa shape index (κ2) is 5.40. The zero-order valence-corrected chi connectivity index (χ0v) is 12.1. The predicted octanol–water partition coefficient (Wildman–Crippen LogP) is 3.22. The molecule has 1 N–H and O–H groups in total. The van der Waals surface area contributed by atoms with Crippen LogP contribution in [0.25, 0.3) is 0 Å². The molecule has 0 radical (unpaired) electrons. The van der Waals surface area contributed by atoms with E-state index in [4.69, 9.17) is 4.74 Å². The predicted molar refractivity (Wildman–Crippen MR) is 75.9 cm³/mol. The van der Waals surface area contributed by atoms with Gasteiger partial charge in [0.2, 0.25) is 0 Å². The van der Waals surface area contributed by atoms with Gasteiger partial charge in [0.1, 0.15) is 11.9 Å². The first-order valence-electron chi connectivity index (χ1n) is 7.04. The molecule has 1 aromatic carbocycles. The molecular formula is C15H21NO4. The van der Waals surface area contributed by atoms with Crippen LogP contribution in [0.5, 0.6) is 5.75 Å². The van der Waals surface area contributed by atoms with Gasteiger partial charge in [-0.25, -0.2) is 0 Å². The van der Waals surface area contributed by atoms with Gasteiger partial charge in [-0.3, -0.25) is 10.1 Å². The largest absolute Gasteiger partial charge is 0.489 e. The minimum absolute atomic E-state index is 0.0315. The van der Waals surface area contributed by atoms with E-state index in [1.54, 1.807) is 6.07 Å². The van der Waals surface area contributed by atoms with E-state index in [1.807, 2.05) is 20.8 Å². The Hall–Kier alpha value is -1.62. The number of aliphatic hydroxyl groups excluding tert-OH is 1. The Morgan fingerprint density at radius 3 is 2.60 bits per heavy atom. The van der Waals surface area contributed by atoms with Crippen molar-refractivity contribution >= 4 is 5.69 Å². The summed E-state index contributed by atoms with van der Waals surface area (Å²) in [6.07, 6.45) is 1.84. The van der Waals surface area contributed by atoms with Crippen LogP contribution in [0.1, 0.15) is 38.7 Å². The highest BCUT2D eigenvalue weighted by atomic mass is 16.6. The fourth-order valence-electron chi connectivity index (χ4n) is 3.05. The van der Waals surface area contributed by atoms with Gasteiger partial charge in [0.15, 0.2) is 0 Å². The lowest BCUT2D eigenvalue weighted by molar-refractivity contribution is -0.385. The van der Waals surface area contributed by atoms with Gasteiger partial charge >= 0.3 is 0 Å². The molecule has 20 heavy (non-hydrogen) atoms. The molecule has 1 aromatic rings. The molecule has 1 aliphatic carbocycles. The van der Waals surface area contributed by atoms with Crippen LogP contribution in [-0.2, 0) is 0 Å². The fraction of sp³-hybridized carbons (Fsp3) is 0.600. The van der Waals surface area contributed by atoms with Crippen LogP contribution in [0, 0.1) is 22.5 Å². The van der Waals surface area contributed by atoms with Crippen molar-refractivity contribution in [1.82, 2.24) is 0 Å². The molecule has 2 rings (SSSR count). The van der Waals surface area contributed by atoms with Crippen molar-refractivity contribution < 1.29 is 14.8 Å². The molecule has 0 bridgehead atoms. The molecule has 0 aliphatic heterocycles. The molecule has 0 heterocycles. The maximum absolute atomic E-state index is 10.8. The lowest BCUT2D eigenvalue weighted by Crippen LogP contribution is -2.59. The molecule has 0 saturated heterocycles. The van der Waals surface area contributed by atoms with E-state index in [0.717, 1.165) is 18.4 Å². The van der Waals surface area contributed by atoms with Crippen LogP contribution in [0.15, 0.2) is 18.2 Å². The molecule has 1 aliphatic rings. The molecule has 2 unspecified atom stereocenters. The first-order valence-corrected chi connectivity index (χ1v) is 7.04. The minimum Gasteiger partial charge on any atom is -0.489 e. The summed E-state index contributed by atoms with van der Waals surface area (Å²) in [5.74, 6) is 0.544. The second-order valence-electron chi connectivity index (χ2n) is 5.51. The third-order valence-electron chi connectivity index (χ3n) is 4.71. The number of benzene rings is 1. The lowest BCUT2D eigenvalue weighted by Gasteiger charge is -2.52. The molecule has 0 amide bonds. The van der Waals surface area contributed by atoms with Gasteiger partial charge in [-0.15, -0.1) is 0 Å². The number of aryl methyl sites for hydroxylation is 1. The summed E-state index contributed by atoms with van der Waals surface area (Å²) in [6, 6.07) is 4.64. The normalized spacial score (nSPS) is 24.0. The van der Waals surface area contributed by atoms with Crippen molar-refractivity contribution in [3.05, 3.63) is 33.9 Å². The maximum atomic E-state index is 10.8. The number of non-ortho nitro benzene ring substituents is 1. The molecule has 5 nitrogen and oxygen atoms in total. The van der Waals surface area contributed by atoms with E-state index in [2.05, 4.69) is 0 Å². The highest BCUT2D eigenvalue weighted by Crippen LogP contribution is 2.49. The van der Waals surface area contributed by atoms with Crippen molar-refractivity contribution in [2.75, 3.05) is 0 Å². The smallest absolute Gasteiger partial charge is 0.273 e. The average Bonchev–Trinajstić information content (AvgIpc) is 2.41. The number of nitrogens with zero attached hydrogens (tertiary/aromatic N) is 1. The summed E-state index contributed by atoms with van der Waals surface area (Å²) >= 11 is 0. The third-order valence-corrected chi connectivity index (χ3v) is 4.71. The standard InChI is InChI=1S/C15H21NO4/c1-4-15(5-2)13(17)9-14(15)20-12-8-11(16(18)19)7-6-10(12)3/h6-8,13-14,17H,4-5,9H2,1-3H3. The number of hydrogen-bond donors (Lipinski definition) is 1. The summed E-state index contributed by atoms with van der Waals surface area (Å²) in [4.78, 5) is 10.4. The molecular weight excluding hydrogens is 258 g/mol. The summed E-state index contributed by atoms with van der Waals surface area (Å²) in [6.45, 7) is 5.96. The highest BCUT2D eigenvalue weighted by molar-refractivity contribution is 5.44. The highest BCUT2D eigenvalue weighted by Gasteiger charge is 2.53. The zero-order chi connectivity index (χ0) is 14.9. The number of rotatable bonds is 5. The molecule has 0 aromatic heterocycles. The van der Waals surface area contributed by atoms with Gasteiger partial charge in [0.05, 0.1) is 17.1 Å². The molecule has 2 atom stereocenters. The topological polar surface area (TPSA) is 72.6 Å². The van der Waals surface area contributed by atoms with Crippen LogP contribution < -0.4 is 4.74 Å². The number of nitro groups is 1. The third kappa shape index (κ3) is 2.26. The molecule has 5 heteroatoms. The minimum atomic E-state index is -0.422. The van der Waals surface area contributed by atoms with E-state index in [1.165, 1.54) is 12.1 Å². The molecule has 1 saturated carbocycles. The molecule has 1 fully saturated rings. The van der Waals surface area contributed by atoms with Gasteiger partial charge in [0, 0.05) is 17.9 Å². The van der Waals surface area contributed by atoms with Gasteiger partial charge in [-0.1, -0.05) is 13.8 Å². The van der Waals surface area contributed by atoms with Crippen LogP contribution >= 0.6 is 0 Å². The van der Waals surface area contributed by atoms with Crippen LogP contribution in [-0.4, -0.2) is 22.2 Å². The quantitative estimate of drug-likeness (QED) is 0.663. The van der Waals surface area contributed by atoms with E-state index in [9.17, 15) is 15.2 Å². The monoisotopic (exact) mass is 279 g/mol. The van der Waals surface area contributed by atoms with E-state index in [0.29, 0.717) is 12.2 Å². The Balaban J connectivity index is 2.22. The van der Waals surface area contributed by atoms with Crippen molar-refractivity contribution in [2.24, 2.45) is 5.41 Å². The molecule has 110 valence electrons. The Morgan fingerprint density at radius 2 is 2.10 bits per heavy atom. The number of aliphatic hydroxyl groups is 1. The van der Waals surface area contributed by atoms with Crippen LogP contribution in [0.2, 0.25) is 0 Å². The zero-order valence-electron chi connectivity index (χ0n) is 12.1. The summed E-state index contributed by atoms with van der Waals surface area (Å²) in [5.41, 5.74) is 0.680. The van der Waals surface area contributed by atoms with Gasteiger partial charge in [0.25, 0.3) is 5.69 Å². The van der Waals surface area contributed by atoms with Crippen molar-refractivity contribution in [3.8, 4) is 5.75 Å². The summed E-state index contributed by atoms with van der Waals surface area (Å²) in [7, 11) is 0. The average molecular weight is 279 g/mol. The Kier molecular flexibility index (Phi) is 3.99. The Bertz CT molecular complexity index is 511. The maximum Gasteiger partial charge on any atom is 0.273 e. The van der Waals surface area contributed by atoms with Crippen LogP contribution in [0.3, 0.4) is 0 Å². The first kappa shape index (κ1) is 14.8. The lowest BCUT2D eigenvalue weighted by atomic mass is 9.60. The van der Waals surface area contributed by atoms with Gasteiger partial charge in [-0.05, 0) is 31.4 Å². The first-order chi connectivity index (χ1) is 9.44. The van der Waals surface area contributed by atoms with Gasteiger partial charge < -0.3 is 9.84 Å². The van der Waals surface area contributed by atoms with Gasteiger partial charge in [-0.2, -0.15) is 0 Å². The van der Waals surface area contributed by atoms with Crippen molar-refractivity contribution in [2.45, 2.75) is 52.2 Å². The SMILES string of the molecule is CCC1(CC)C(O)CC1Oc1cc([N+](=O)[O-])ccc1C. The summed E-state index contributed by atoms with van der Waals surface area (Å²) in [5, 5.41) is 20.9. The van der Waals surface area contributed by atoms with E-state index >= 15 is 0 Å². The number of ether oxygens (including phenoxy) is 1. The van der Waals surface area contributed by atoms with E-state index < -0.39 is 4.92 Å². The van der Waals surface area contributed by atoms with Crippen LogP contribution in [0.4, 0.5) is 5.69 Å². The van der Waals surface area contributed by atoms with Crippen molar-refractivity contribution in [3.63, 3.8) is 0 Å². The second-order valence-corrected chi connectivity index (χ2v) is 5.51. The Morgan fingerprint density at radius 1 is 1.45 bits per heavy atom.